The van der Waals surface area contributed by atoms with Gasteiger partial charge in [0.2, 0.25) is 0 Å². The SMILES string of the molecule is NCC(Sc1ccc(F)cc1F)c1cccs1. The van der Waals surface area contributed by atoms with E-state index < -0.39 is 11.6 Å². The van der Waals surface area contributed by atoms with E-state index in [1.807, 2.05) is 17.5 Å². The van der Waals surface area contributed by atoms with Gasteiger partial charge in [-0.1, -0.05) is 6.07 Å². The highest BCUT2D eigenvalue weighted by molar-refractivity contribution is 7.99. The second-order valence-electron chi connectivity index (χ2n) is 3.43. The Kier molecular flexibility index (Phi) is 4.15. The van der Waals surface area contributed by atoms with Crippen LogP contribution in [0, 0.1) is 11.6 Å². The molecular weight excluding hydrogens is 260 g/mol. The number of nitrogens with two attached hydrogens (primary N) is 1. The molecule has 0 fully saturated rings. The fraction of sp³-hybridized carbons (Fsp3) is 0.167. The molecule has 1 aromatic heterocycles. The van der Waals surface area contributed by atoms with Gasteiger partial charge in [0.25, 0.3) is 0 Å². The minimum atomic E-state index is -0.563. The van der Waals surface area contributed by atoms with Crippen LogP contribution in [-0.4, -0.2) is 6.54 Å². The third-order valence-electron chi connectivity index (χ3n) is 2.24. The van der Waals surface area contributed by atoms with Gasteiger partial charge in [-0.25, -0.2) is 8.78 Å². The lowest BCUT2D eigenvalue weighted by atomic mass is 10.3. The Labute approximate surface area is 107 Å². The van der Waals surface area contributed by atoms with E-state index in [2.05, 4.69) is 0 Å². The van der Waals surface area contributed by atoms with Crippen molar-refractivity contribution < 1.29 is 8.78 Å². The standard InChI is InChI=1S/C12H11F2NS2/c13-8-3-4-10(9(14)6-8)17-12(7-15)11-2-1-5-16-11/h1-6,12H,7,15H2. The molecule has 1 atom stereocenters. The molecule has 5 heteroatoms. The summed E-state index contributed by atoms with van der Waals surface area (Å²) < 4.78 is 26.3. The van der Waals surface area contributed by atoms with Crippen LogP contribution < -0.4 is 5.73 Å². The van der Waals surface area contributed by atoms with Crippen LogP contribution in [0.5, 0.6) is 0 Å². The molecule has 0 radical (unpaired) electrons. The summed E-state index contributed by atoms with van der Waals surface area (Å²) in [5, 5.41) is 1.97. The summed E-state index contributed by atoms with van der Waals surface area (Å²) >= 11 is 2.91. The van der Waals surface area contributed by atoms with Gasteiger partial charge in [0.1, 0.15) is 11.6 Å². The number of hydrogen-bond acceptors (Lipinski definition) is 3. The summed E-state index contributed by atoms with van der Waals surface area (Å²) in [6.45, 7) is 0.419. The highest BCUT2D eigenvalue weighted by Crippen LogP contribution is 2.37. The average molecular weight is 271 g/mol. The molecule has 2 aromatic rings. The quantitative estimate of drug-likeness (QED) is 0.856. The Bertz CT molecular complexity index is 485. The van der Waals surface area contributed by atoms with E-state index in [4.69, 9.17) is 5.73 Å². The predicted molar refractivity (Wildman–Crippen MR) is 68.3 cm³/mol. The van der Waals surface area contributed by atoms with Crippen molar-refractivity contribution in [2.45, 2.75) is 10.1 Å². The average Bonchev–Trinajstić information content (AvgIpc) is 2.81. The monoisotopic (exact) mass is 271 g/mol. The van der Waals surface area contributed by atoms with Crippen LogP contribution in [0.4, 0.5) is 8.78 Å². The van der Waals surface area contributed by atoms with Gasteiger partial charge in [-0.15, -0.1) is 23.1 Å². The van der Waals surface area contributed by atoms with Gasteiger partial charge < -0.3 is 5.73 Å². The molecule has 2 N–H and O–H groups in total. The molecular formula is C12H11F2NS2. The fourth-order valence-corrected chi connectivity index (χ4v) is 3.37. The zero-order chi connectivity index (χ0) is 12.3. The van der Waals surface area contributed by atoms with E-state index >= 15 is 0 Å². The van der Waals surface area contributed by atoms with Gasteiger partial charge in [0.05, 0.1) is 5.25 Å². The second kappa shape index (κ2) is 5.62. The Balaban J connectivity index is 2.19. The van der Waals surface area contributed by atoms with E-state index in [1.165, 1.54) is 23.9 Å². The molecule has 0 aliphatic rings. The first-order valence-corrected chi connectivity index (χ1v) is 6.82. The van der Waals surface area contributed by atoms with Crippen LogP contribution in [0.3, 0.4) is 0 Å². The molecule has 0 amide bonds. The molecule has 17 heavy (non-hydrogen) atoms. The minimum absolute atomic E-state index is 0.00922. The molecule has 2 rings (SSSR count). The van der Waals surface area contributed by atoms with E-state index in [9.17, 15) is 8.78 Å². The topological polar surface area (TPSA) is 26.0 Å². The maximum atomic E-state index is 13.5. The van der Waals surface area contributed by atoms with Gasteiger partial charge in [-0.05, 0) is 23.6 Å². The molecule has 0 saturated heterocycles. The molecule has 1 unspecified atom stereocenters. The van der Waals surface area contributed by atoms with Crippen molar-refractivity contribution in [2.75, 3.05) is 6.54 Å². The normalized spacial score (nSPS) is 12.6. The molecule has 0 saturated carbocycles. The molecule has 90 valence electrons. The number of rotatable bonds is 4. The van der Waals surface area contributed by atoms with Gasteiger partial charge in [-0.2, -0.15) is 0 Å². The molecule has 1 aromatic carbocycles. The molecule has 1 nitrogen and oxygen atoms in total. The molecule has 0 bridgehead atoms. The molecule has 0 aliphatic carbocycles. The summed E-state index contributed by atoms with van der Waals surface area (Å²) in [4.78, 5) is 1.52. The third-order valence-corrected chi connectivity index (χ3v) is 4.69. The zero-order valence-corrected chi connectivity index (χ0v) is 10.5. The van der Waals surface area contributed by atoms with Crippen LogP contribution in [0.15, 0.2) is 40.6 Å². The molecule has 0 aliphatic heterocycles. The number of halogens is 2. The van der Waals surface area contributed by atoms with Crippen molar-refractivity contribution in [2.24, 2.45) is 5.73 Å². The molecule has 1 heterocycles. The van der Waals surface area contributed by atoms with Crippen molar-refractivity contribution in [3.63, 3.8) is 0 Å². The lowest BCUT2D eigenvalue weighted by Gasteiger charge is -2.13. The highest BCUT2D eigenvalue weighted by Gasteiger charge is 2.15. The summed E-state index contributed by atoms with van der Waals surface area (Å²) in [7, 11) is 0. The number of thiophene rings is 1. The summed E-state index contributed by atoms with van der Waals surface area (Å²) in [5.41, 5.74) is 5.68. The first-order valence-electron chi connectivity index (χ1n) is 5.06. The van der Waals surface area contributed by atoms with E-state index in [0.29, 0.717) is 11.4 Å². The second-order valence-corrected chi connectivity index (χ2v) is 5.66. The van der Waals surface area contributed by atoms with Crippen LogP contribution in [0.25, 0.3) is 0 Å². The maximum Gasteiger partial charge on any atom is 0.139 e. The van der Waals surface area contributed by atoms with Crippen molar-refractivity contribution in [3.05, 3.63) is 52.2 Å². The van der Waals surface area contributed by atoms with Crippen LogP contribution in [0.1, 0.15) is 10.1 Å². The van der Waals surface area contributed by atoms with Crippen molar-refractivity contribution >= 4 is 23.1 Å². The lowest BCUT2D eigenvalue weighted by molar-refractivity contribution is 0.565. The zero-order valence-electron chi connectivity index (χ0n) is 8.90. The van der Waals surface area contributed by atoms with Gasteiger partial charge in [0.15, 0.2) is 0 Å². The van der Waals surface area contributed by atoms with Gasteiger partial charge >= 0.3 is 0 Å². The number of hydrogen-bond donors (Lipinski definition) is 1. The first-order chi connectivity index (χ1) is 8.20. The van der Waals surface area contributed by atoms with E-state index in [1.54, 1.807) is 11.3 Å². The summed E-state index contributed by atoms with van der Waals surface area (Å²) in [5.74, 6) is -1.10. The fourth-order valence-electron chi connectivity index (χ4n) is 1.42. The lowest BCUT2D eigenvalue weighted by Crippen LogP contribution is -2.08. The van der Waals surface area contributed by atoms with Crippen LogP contribution >= 0.6 is 23.1 Å². The van der Waals surface area contributed by atoms with Gasteiger partial charge in [0, 0.05) is 22.4 Å². The maximum absolute atomic E-state index is 13.5. The van der Waals surface area contributed by atoms with Crippen LogP contribution in [0.2, 0.25) is 0 Å². The van der Waals surface area contributed by atoms with Gasteiger partial charge in [-0.3, -0.25) is 0 Å². The first kappa shape index (κ1) is 12.5. The smallest absolute Gasteiger partial charge is 0.139 e. The Morgan fingerprint density at radius 2 is 2.12 bits per heavy atom. The Morgan fingerprint density at radius 3 is 2.71 bits per heavy atom. The Hall–Kier alpha value is -0.910. The van der Waals surface area contributed by atoms with Crippen molar-refractivity contribution in [3.8, 4) is 0 Å². The summed E-state index contributed by atoms with van der Waals surface area (Å²) in [6, 6.07) is 7.50. The minimum Gasteiger partial charge on any atom is -0.329 e. The van der Waals surface area contributed by atoms with E-state index in [0.717, 1.165) is 10.9 Å². The third kappa shape index (κ3) is 3.06. The number of benzene rings is 1. The summed E-state index contributed by atoms with van der Waals surface area (Å²) in [6.07, 6.45) is 0. The van der Waals surface area contributed by atoms with E-state index in [-0.39, 0.29) is 5.25 Å². The largest absolute Gasteiger partial charge is 0.329 e. The van der Waals surface area contributed by atoms with Crippen molar-refractivity contribution in [1.29, 1.82) is 0 Å². The molecule has 0 spiro atoms. The Morgan fingerprint density at radius 1 is 1.29 bits per heavy atom. The van der Waals surface area contributed by atoms with Crippen LogP contribution in [-0.2, 0) is 0 Å². The number of thioether (sulfide) groups is 1. The highest BCUT2D eigenvalue weighted by atomic mass is 32.2. The predicted octanol–water partition coefficient (Wildman–Crippen LogP) is 3.82. The van der Waals surface area contributed by atoms with Crippen molar-refractivity contribution in [1.82, 2.24) is 0 Å².